The van der Waals surface area contributed by atoms with Gasteiger partial charge in [0, 0.05) is 89.3 Å². The van der Waals surface area contributed by atoms with Crippen LogP contribution in [0, 0.1) is 23.7 Å². The van der Waals surface area contributed by atoms with Gasteiger partial charge in [0.25, 0.3) is 0 Å². The topological polar surface area (TPSA) is 174 Å². The van der Waals surface area contributed by atoms with Gasteiger partial charge in [-0.15, -0.1) is 0 Å². The molecule has 13 rings (SSSR count). The fraction of sp³-hybridized carbons (Fsp3) is 0.0588. The lowest BCUT2D eigenvalue weighted by molar-refractivity contribution is -0.118. The monoisotopic (exact) mass is 1040 g/mol. The fourth-order valence-corrected chi connectivity index (χ4v) is 10.9. The molecule has 4 aliphatic carbocycles. The van der Waals surface area contributed by atoms with Crippen LogP contribution in [0.15, 0.2) is 219 Å². The Bertz CT molecular complexity index is 3690. The van der Waals surface area contributed by atoms with Crippen molar-refractivity contribution in [1.29, 1.82) is 0 Å². The first-order valence-electron chi connectivity index (χ1n) is 26.5. The van der Waals surface area contributed by atoms with Crippen LogP contribution < -0.4 is 21.3 Å². The van der Waals surface area contributed by atoms with Gasteiger partial charge in [0.2, 0.25) is 23.6 Å². The zero-order valence-electron chi connectivity index (χ0n) is 42.9. The number of aromatic nitrogens is 4. The highest BCUT2D eigenvalue weighted by Gasteiger charge is 2.26. The van der Waals surface area contributed by atoms with Gasteiger partial charge in [-0.25, -0.2) is 9.97 Å². The maximum Gasteiger partial charge on any atom is 0.235 e. The smallest absolute Gasteiger partial charge is 0.235 e. The number of amides is 4. The molecule has 80 heavy (non-hydrogen) atoms. The third-order valence-electron chi connectivity index (χ3n) is 14.8. The zero-order chi connectivity index (χ0) is 54.1. The molecule has 0 saturated heterocycles. The van der Waals surface area contributed by atoms with Gasteiger partial charge in [-0.1, -0.05) is 170 Å². The molecule has 0 atom stereocenters. The van der Waals surface area contributed by atoms with Crippen LogP contribution in [0.2, 0.25) is 0 Å². The summed E-state index contributed by atoms with van der Waals surface area (Å²) in [5.41, 5.74) is 13.1. The van der Waals surface area contributed by atoms with Crippen LogP contribution in [0.4, 0.5) is 22.7 Å². The van der Waals surface area contributed by atoms with Gasteiger partial charge in [-0.05, 0) is 72.8 Å². The molecule has 4 amide bonds. The minimum absolute atomic E-state index is 0.180. The average Bonchev–Trinajstić information content (AvgIpc) is 4.38. The van der Waals surface area contributed by atoms with Crippen molar-refractivity contribution in [2.24, 2.45) is 23.7 Å². The minimum Gasteiger partial charge on any atom is -0.354 e. The quantitative estimate of drug-likeness (QED) is 0.0710. The number of carbonyl (C=O) groups is 4. The minimum atomic E-state index is -0.438. The third-order valence-corrected chi connectivity index (χ3v) is 14.8. The van der Waals surface area contributed by atoms with Gasteiger partial charge >= 0.3 is 0 Å². The van der Waals surface area contributed by atoms with Crippen LogP contribution in [-0.4, -0.2) is 43.6 Å². The Hall–Kier alpha value is -10.7. The lowest BCUT2D eigenvalue weighted by Gasteiger charge is -2.15. The van der Waals surface area contributed by atoms with Crippen molar-refractivity contribution in [2.75, 3.05) is 21.3 Å². The van der Waals surface area contributed by atoms with E-state index in [4.69, 9.17) is 9.97 Å². The van der Waals surface area contributed by atoms with Crippen LogP contribution >= 0.6 is 0 Å². The van der Waals surface area contributed by atoms with Crippen LogP contribution in [0.3, 0.4) is 0 Å². The molecule has 12 heteroatoms. The number of hydrogen-bond acceptors (Lipinski definition) is 6. The van der Waals surface area contributed by atoms with Crippen molar-refractivity contribution < 1.29 is 19.2 Å². The summed E-state index contributed by atoms with van der Waals surface area (Å²) < 4.78 is 0. The van der Waals surface area contributed by atoms with E-state index in [0.29, 0.717) is 112 Å². The number of para-hydroxylation sites is 4. The van der Waals surface area contributed by atoms with Gasteiger partial charge < -0.3 is 31.2 Å². The van der Waals surface area contributed by atoms with Gasteiger partial charge in [0.15, 0.2) is 0 Å². The second-order valence-corrected chi connectivity index (χ2v) is 19.8. The number of rotatable bonds is 12. The standard InChI is InChI=1S/C68H50N8O4/c77-65(41-17-1-2-18-41)73-49-29-13-9-25-45(49)61-53-33-35-55(69-53)62(46-26-10-14-30-50(46)74-66(78)42-19-3-4-20-42)57-37-39-59(71-57)64(48-28-12-16-32-52(48)76-68(80)44-23-7-8-24-44)60-40-38-58(72-60)63(56-36-34-54(61)70-56)47-27-11-15-31-51(47)75-67(79)43-21-5-6-22-43/h1-44,69,72H,(H,73,77)(H,74,78)(H,75,79)(H,76,80). The molecular weight excluding hydrogens is 993 g/mol. The van der Waals surface area contributed by atoms with Crippen molar-refractivity contribution in [1.82, 2.24) is 19.9 Å². The predicted octanol–water partition coefficient (Wildman–Crippen LogP) is 14.0. The zero-order valence-corrected chi connectivity index (χ0v) is 42.9. The number of hydrogen-bond donors (Lipinski definition) is 6. The number of nitrogens with zero attached hydrogens (tertiary/aromatic N) is 2. The largest absolute Gasteiger partial charge is 0.354 e. The van der Waals surface area contributed by atoms with E-state index in [1.807, 2.05) is 243 Å². The first-order chi connectivity index (χ1) is 39.3. The van der Waals surface area contributed by atoms with E-state index in [-0.39, 0.29) is 23.6 Å². The number of nitrogens with one attached hydrogen (secondary N) is 6. The molecule has 0 fully saturated rings. The summed E-state index contributed by atoms with van der Waals surface area (Å²) in [4.78, 5) is 74.3. The molecular formula is C68H50N8O4. The molecule has 6 N–H and O–H groups in total. The molecule has 2 aliphatic heterocycles. The number of allylic oxidation sites excluding steroid dienone is 8. The Balaban J connectivity index is 1.12. The number of aromatic amines is 2. The number of benzene rings is 4. The highest BCUT2D eigenvalue weighted by Crippen LogP contribution is 2.43. The van der Waals surface area contributed by atoms with Crippen molar-refractivity contribution >= 4 is 92.7 Å². The molecule has 5 heterocycles. The molecule has 0 spiro atoms. The summed E-state index contributed by atoms with van der Waals surface area (Å²) in [6, 6.07) is 38.8. The molecule has 386 valence electrons. The van der Waals surface area contributed by atoms with E-state index in [1.54, 1.807) is 0 Å². The Morgan fingerprint density at radius 1 is 0.300 bits per heavy atom. The molecule has 0 radical (unpaired) electrons. The van der Waals surface area contributed by atoms with E-state index >= 15 is 0 Å². The average molecular weight is 1040 g/mol. The molecule has 0 saturated carbocycles. The van der Waals surface area contributed by atoms with Crippen LogP contribution in [-0.2, 0) is 19.2 Å². The normalized spacial score (nSPS) is 15.0. The van der Waals surface area contributed by atoms with E-state index < -0.39 is 23.7 Å². The van der Waals surface area contributed by atoms with Crippen molar-refractivity contribution in [3.63, 3.8) is 0 Å². The Kier molecular flexibility index (Phi) is 12.8. The molecule has 4 aromatic carbocycles. The van der Waals surface area contributed by atoms with Crippen molar-refractivity contribution in [2.45, 2.75) is 0 Å². The number of carbonyl (C=O) groups excluding carboxylic acids is 4. The molecule has 12 nitrogen and oxygen atoms in total. The summed E-state index contributed by atoms with van der Waals surface area (Å²) in [5, 5.41) is 12.9. The first-order valence-corrected chi connectivity index (χ1v) is 26.5. The summed E-state index contributed by atoms with van der Waals surface area (Å²) >= 11 is 0. The Morgan fingerprint density at radius 3 is 0.738 bits per heavy atom. The van der Waals surface area contributed by atoms with Gasteiger partial charge in [-0.3, -0.25) is 19.2 Å². The summed E-state index contributed by atoms with van der Waals surface area (Å²) in [6.07, 6.45) is 37.7. The van der Waals surface area contributed by atoms with Crippen LogP contribution in [0.1, 0.15) is 22.8 Å². The number of anilines is 4. The van der Waals surface area contributed by atoms with Gasteiger partial charge in [-0.2, -0.15) is 0 Å². The Labute approximate surface area is 460 Å². The second kappa shape index (κ2) is 21.0. The van der Waals surface area contributed by atoms with E-state index in [0.717, 1.165) is 0 Å². The lowest BCUT2D eigenvalue weighted by Crippen LogP contribution is -2.19. The van der Waals surface area contributed by atoms with Crippen molar-refractivity contribution in [3.8, 4) is 44.5 Å². The number of H-pyrrole nitrogens is 2. The van der Waals surface area contributed by atoms with E-state index in [1.165, 1.54) is 0 Å². The van der Waals surface area contributed by atoms with Crippen molar-refractivity contribution in [3.05, 3.63) is 241 Å². The van der Waals surface area contributed by atoms with Crippen LogP contribution in [0.5, 0.6) is 0 Å². The van der Waals surface area contributed by atoms with Crippen LogP contribution in [0.25, 0.3) is 90.9 Å². The second-order valence-electron chi connectivity index (χ2n) is 19.8. The summed E-state index contributed by atoms with van der Waals surface area (Å²) in [5.74, 6) is -2.47. The van der Waals surface area contributed by atoms with E-state index in [2.05, 4.69) is 31.2 Å². The summed E-state index contributed by atoms with van der Waals surface area (Å²) in [7, 11) is 0. The highest BCUT2D eigenvalue weighted by molar-refractivity contribution is 6.09. The molecule has 6 aliphatic rings. The van der Waals surface area contributed by atoms with Gasteiger partial charge in [0.1, 0.15) is 0 Å². The SMILES string of the molecule is O=C(Nc1ccccc1-c1c2nc(c(-c3ccccc3NC(=O)C3C=CC=C3)c3ccc([nH]3)c(-c3ccccc3NC(=O)C3C=CC=C3)c3nc(c(-c4ccccc4NC(=O)C4C=CC=C4)c4ccc1[nH]4)C=C3)C=C2)C1C=CC=C1. The predicted molar refractivity (Wildman–Crippen MR) is 322 cm³/mol. The number of fused-ring (bicyclic) bond motifs is 8. The molecule has 0 unspecified atom stereocenters. The van der Waals surface area contributed by atoms with Gasteiger partial charge in [0.05, 0.1) is 46.4 Å². The molecule has 7 aromatic rings. The first kappa shape index (κ1) is 48.9. The molecule has 8 bridgehead atoms. The maximum atomic E-state index is 13.9. The fourth-order valence-electron chi connectivity index (χ4n) is 10.9. The highest BCUT2D eigenvalue weighted by atomic mass is 16.2. The van der Waals surface area contributed by atoms with E-state index in [9.17, 15) is 19.2 Å². The third kappa shape index (κ3) is 9.40. The Morgan fingerprint density at radius 2 is 0.512 bits per heavy atom. The maximum absolute atomic E-state index is 13.9. The molecule has 3 aromatic heterocycles. The lowest BCUT2D eigenvalue weighted by atomic mass is 10.0. The summed E-state index contributed by atoms with van der Waals surface area (Å²) in [6.45, 7) is 0.